The summed E-state index contributed by atoms with van der Waals surface area (Å²) in [5.74, 6) is -0.901. The van der Waals surface area contributed by atoms with Gasteiger partial charge in [0.2, 0.25) is 0 Å². The third-order valence-corrected chi connectivity index (χ3v) is 3.27. The molecule has 0 rings (SSSR count). The molecular weight excluding hydrogens is 395 g/mol. The van der Waals surface area contributed by atoms with Crippen LogP contribution in [-0.4, -0.2) is 39.2 Å². The highest BCUT2D eigenvalue weighted by atomic mass is 35.6. The number of hydrogen-bond donors (Lipinski definition) is 2. The number of nitrogens with one attached hydrogen (secondary N) is 2. The van der Waals surface area contributed by atoms with Crippen LogP contribution in [0.1, 0.15) is 47.5 Å². The van der Waals surface area contributed by atoms with Gasteiger partial charge in [-0.05, 0) is 59.7 Å². The number of carbonyl (C=O) groups is 1. The summed E-state index contributed by atoms with van der Waals surface area (Å²) in [6.45, 7) is 10.4. The topological polar surface area (TPSA) is 75.1 Å². The normalized spacial score (nSPS) is 15.0. The van der Waals surface area contributed by atoms with Crippen molar-refractivity contribution in [2.45, 2.75) is 62.5 Å². The van der Waals surface area contributed by atoms with Gasteiger partial charge >= 0.3 is 5.97 Å². The molecule has 0 saturated heterocycles. The van der Waals surface area contributed by atoms with Crippen LogP contribution in [0, 0.1) is 0 Å². The first kappa shape index (κ1) is 23.6. The number of hydrogen-bond acceptors (Lipinski definition) is 5. The van der Waals surface area contributed by atoms with Gasteiger partial charge in [0.05, 0.1) is 12.1 Å². The second-order valence-electron chi connectivity index (χ2n) is 6.37. The second-order valence-corrected chi connectivity index (χ2v) is 9.06. The molecule has 0 spiro atoms. The first-order chi connectivity index (χ1) is 10.8. The first-order valence-electron chi connectivity index (χ1n) is 7.53. The highest BCUT2D eigenvalue weighted by molar-refractivity contribution is 7.80. The number of alkyl halides is 3. The van der Waals surface area contributed by atoms with E-state index in [1.807, 2.05) is 34.6 Å². The maximum absolute atomic E-state index is 11.4. The van der Waals surface area contributed by atoms with E-state index in [9.17, 15) is 4.79 Å². The summed E-state index contributed by atoms with van der Waals surface area (Å²) in [7, 11) is 0. The van der Waals surface area contributed by atoms with E-state index in [4.69, 9.17) is 51.8 Å². The van der Waals surface area contributed by atoms with Crippen molar-refractivity contribution in [2.75, 3.05) is 13.2 Å². The summed E-state index contributed by atoms with van der Waals surface area (Å²) in [6, 6.07) is 0. The molecule has 0 fully saturated rings. The van der Waals surface area contributed by atoms with Crippen LogP contribution >= 0.6 is 47.0 Å². The minimum atomic E-state index is -2.07. The number of nitrogens with zero attached hydrogens (tertiary/aromatic N) is 2. The standard InChI is InChI=1S/C14H25Cl3N4O2S/c1-6-18-11(24)19-13(5,21-20-12(2,3)4)8-7-9-23-10(22)14(15,16)17/h6-9H2,1-5H3,(H2,18,19,24). The van der Waals surface area contributed by atoms with Crippen LogP contribution in [0.2, 0.25) is 0 Å². The quantitative estimate of drug-likeness (QED) is 0.213. The lowest BCUT2D eigenvalue weighted by molar-refractivity contribution is -0.142. The SMILES string of the molecule is CCNC(=S)NC(C)(CCCOC(=O)C(Cl)(Cl)Cl)N=NC(C)(C)C. The average Bonchev–Trinajstić information content (AvgIpc) is 2.40. The van der Waals surface area contributed by atoms with Crippen LogP contribution in [0.3, 0.4) is 0 Å². The Morgan fingerprint density at radius 3 is 2.21 bits per heavy atom. The highest BCUT2D eigenvalue weighted by Crippen LogP contribution is 2.27. The zero-order chi connectivity index (χ0) is 19.0. The van der Waals surface area contributed by atoms with Crippen molar-refractivity contribution in [1.29, 1.82) is 0 Å². The molecule has 0 aliphatic carbocycles. The number of ether oxygens (including phenoxy) is 1. The maximum atomic E-state index is 11.4. The van der Waals surface area contributed by atoms with Gasteiger partial charge < -0.3 is 15.4 Å². The van der Waals surface area contributed by atoms with Gasteiger partial charge in [0, 0.05) is 6.54 Å². The molecule has 2 N–H and O–H groups in total. The van der Waals surface area contributed by atoms with Crippen molar-refractivity contribution >= 4 is 58.1 Å². The van der Waals surface area contributed by atoms with Crippen molar-refractivity contribution in [1.82, 2.24) is 10.6 Å². The van der Waals surface area contributed by atoms with Crippen molar-refractivity contribution < 1.29 is 9.53 Å². The fourth-order valence-corrected chi connectivity index (χ4v) is 2.04. The first-order valence-corrected chi connectivity index (χ1v) is 9.07. The van der Waals surface area contributed by atoms with Crippen molar-refractivity contribution in [2.24, 2.45) is 10.2 Å². The summed E-state index contributed by atoms with van der Waals surface area (Å²) < 4.78 is 2.85. The van der Waals surface area contributed by atoms with Gasteiger partial charge in [-0.1, -0.05) is 34.8 Å². The van der Waals surface area contributed by atoms with E-state index < -0.39 is 15.4 Å². The molecule has 0 aromatic heterocycles. The third kappa shape index (κ3) is 11.2. The number of halogens is 3. The summed E-state index contributed by atoms with van der Waals surface area (Å²) in [5.41, 5.74) is -1.05. The lowest BCUT2D eigenvalue weighted by atomic mass is 10.1. The van der Waals surface area contributed by atoms with E-state index in [-0.39, 0.29) is 12.1 Å². The molecule has 10 heteroatoms. The van der Waals surface area contributed by atoms with Crippen LogP contribution in [-0.2, 0) is 9.53 Å². The predicted molar refractivity (Wildman–Crippen MR) is 103 cm³/mol. The summed E-state index contributed by atoms with van der Waals surface area (Å²) in [4.78, 5) is 11.4. The van der Waals surface area contributed by atoms with Crippen molar-refractivity contribution in [3.05, 3.63) is 0 Å². The van der Waals surface area contributed by atoms with E-state index in [0.717, 1.165) is 0 Å². The molecule has 24 heavy (non-hydrogen) atoms. The highest BCUT2D eigenvalue weighted by Gasteiger charge is 2.33. The molecule has 0 heterocycles. The molecule has 6 nitrogen and oxygen atoms in total. The predicted octanol–water partition coefficient (Wildman–Crippen LogP) is 4.13. The average molecular weight is 420 g/mol. The molecule has 0 aromatic rings. The molecule has 0 aromatic carbocycles. The van der Waals surface area contributed by atoms with E-state index in [1.54, 1.807) is 0 Å². The second kappa shape index (κ2) is 9.94. The van der Waals surface area contributed by atoms with Crippen molar-refractivity contribution in [3.8, 4) is 0 Å². The van der Waals surface area contributed by atoms with Crippen LogP contribution in [0.25, 0.3) is 0 Å². The number of rotatable bonds is 7. The van der Waals surface area contributed by atoms with E-state index in [0.29, 0.717) is 24.5 Å². The molecule has 0 aliphatic heterocycles. The smallest absolute Gasteiger partial charge is 0.358 e. The van der Waals surface area contributed by atoms with Gasteiger partial charge in [0.25, 0.3) is 3.79 Å². The lowest BCUT2D eigenvalue weighted by Gasteiger charge is -2.28. The molecular formula is C14H25Cl3N4O2S. The minimum absolute atomic E-state index is 0.100. The Labute approximate surface area is 164 Å². The number of thiocarbonyl (C=S) groups is 1. The Hall–Kier alpha value is -0.370. The van der Waals surface area contributed by atoms with Gasteiger partial charge in [-0.2, -0.15) is 10.2 Å². The molecule has 0 aliphatic rings. The number of esters is 1. The van der Waals surface area contributed by atoms with Gasteiger partial charge in [0.1, 0.15) is 5.66 Å². The zero-order valence-electron chi connectivity index (χ0n) is 14.6. The molecule has 0 saturated carbocycles. The lowest BCUT2D eigenvalue weighted by Crippen LogP contribution is -2.49. The Balaban J connectivity index is 4.74. The van der Waals surface area contributed by atoms with Gasteiger partial charge in [-0.25, -0.2) is 4.79 Å². The summed E-state index contributed by atoms with van der Waals surface area (Å²) >= 11 is 21.5. The van der Waals surface area contributed by atoms with Crippen LogP contribution in [0.5, 0.6) is 0 Å². The number of azo groups is 1. The largest absolute Gasteiger partial charge is 0.463 e. The molecule has 0 bridgehead atoms. The minimum Gasteiger partial charge on any atom is -0.463 e. The fourth-order valence-electron chi connectivity index (χ4n) is 1.51. The van der Waals surface area contributed by atoms with Crippen LogP contribution in [0.4, 0.5) is 0 Å². The molecule has 0 radical (unpaired) electrons. The molecule has 1 atom stereocenters. The van der Waals surface area contributed by atoms with Gasteiger partial charge in [-0.15, -0.1) is 0 Å². The maximum Gasteiger partial charge on any atom is 0.358 e. The molecule has 140 valence electrons. The van der Waals surface area contributed by atoms with Gasteiger partial charge in [-0.3, -0.25) is 0 Å². The fraction of sp³-hybridized carbons (Fsp3) is 0.857. The summed E-state index contributed by atoms with van der Waals surface area (Å²) in [6.07, 6.45) is 1.01. The summed E-state index contributed by atoms with van der Waals surface area (Å²) in [5, 5.41) is 15.3. The molecule has 0 amide bonds. The number of carbonyl (C=O) groups excluding carboxylic acids is 1. The Morgan fingerprint density at radius 2 is 1.75 bits per heavy atom. The monoisotopic (exact) mass is 418 g/mol. The Morgan fingerprint density at radius 1 is 1.17 bits per heavy atom. The molecule has 1 unspecified atom stereocenters. The van der Waals surface area contributed by atoms with E-state index in [2.05, 4.69) is 20.9 Å². The Bertz CT molecular complexity index is 464. The zero-order valence-corrected chi connectivity index (χ0v) is 17.7. The Kier molecular flexibility index (Phi) is 9.79. The van der Waals surface area contributed by atoms with E-state index >= 15 is 0 Å². The third-order valence-electron chi connectivity index (χ3n) is 2.56. The van der Waals surface area contributed by atoms with Crippen LogP contribution < -0.4 is 10.6 Å². The van der Waals surface area contributed by atoms with Crippen LogP contribution in [0.15, 0.2) is 10.2 Å². The van der Waals surface area contributed by atoms with Gasteiger partial charge in [0.15, 0.2) is 5.11 Å². The van der Waals surface area contributed by atoms with Crippen molar-refractivity contribution in [3.63, 3.8) is 0 Å². The van der Waals surface area contributed by atoms with E-state index in [1.165, 1.54) is 0 Å².